The van der Waals surface area contributed by atoms with E-state index in [1.54, 1.807) is 14.2 Å². The van der Waals surface area contributed by atoms with Gasteiger partial charge in [0.05, 0.1) is 20.3 Å². The van der Waals surface area contributed by atoms with E-state index in [-0.39, 0.29) is 6.04 Å². The quantitative estimate of drug-likeness (QED) is 0.851. The summed E-state index contributed by atoms with van der Waals surface area (Å²) < 4.78 is 13.1. The molecule has 0 spiro atoms. The van der Waals surface area contributed by atoms with Crippen molar-refractivity contribution in [1.82, 2.24) is 14.9 Å². The van der Waals surface area contributed by atoms with Crippen molar-refractivity contribution in [3.05, 3.63) is 42.0 Å². The van der Waals surface area contributed by atoms with E-state index in [9.17, 15) is 0 Å². The number of aryl methyl sites for hydroxylation is 1. The SMILES string of the molecule is CCCn1ccnc1C(NC)c1cccc(OC)c1OC. The third-order valence-electron chi connectivity index (χ3n) is 3.50. The number of methoxy groups -OCH3 is 2. The summed E-state index contributed by atoms with van der Waals surface area (Å²) in [5.41, 5.74) is 1.02. The molecule has 2 rings (SSSR count). The molecule has 0 fully saturated rings. The maximum Gasteiger partial charge on any atom is 0.165 e. The average molecular weight is 289 g/mol. The first-order chi connectivity index (χ1) is 10.3. The molecule has 5 nitrogen and oxygen atoms in total. The van der Waals surface area contributed by atoms with Crippen LogP contribution >= 0.6 is 0 Å². The highest BCUT2D eigenvalue weighted by Gasteiger charge is 2.22. The minimum Gasteiger partial charge on any atom is -0.493 e. The number of hydrogen-bond donors (Lipinski definition) is 1. The van der Waals surface area contributed by atoms with Crippen LogP contribution in [0.3, 0.4) is 0 Å². The van der Waals surface area contributed by atoms with Crippen molar-refractivity contribution in [2.45, 2.75) is 25.9 Å². The van der Waals surface area contributed by atoms with E-state index >= 15 is 0 Å². The number of benzene rings is 1. The lowest BCUT2D eigenvalue weighted by Gasteiger charge is -2.21. The van der Waals surface area contributed by atoms with Gasteiger partial charge < -0.3 is 19.4 Å². The zero-order valence-corrected chi connectivity index (χ0v) is 13.1. The lowest BCUT2D eigenvalue weighted by molar-refractivity contribution is 0.348. The van der Waals surface area contributed by atoms with Crippen LogP contribution in [0.15, 0.2) is 30.6 Å². The molecular weight excluding hydrogens is 266 g/mol. The molecule has 114 valence electrons. The monoisotopic (exact) mass is 289 g/mol. The van der Waals surface area contributed by atoms with Gasteiger partial charge in [0.25, 0.3) is 0 Å². The topological polar surface area (TPSA) is 48.3 Å². The summed E-state index contributed by atoms with van der Waals surface area (Å²) in [7, 11) is 5.23. The molecule has 1 aromatic carbocycles. The Morgan fingerprint density at radius 3 is 2.71 bits per heavy atom. The zero-order valence-electron chi connectivity index (χ0n) is 13.1. The molecule has 1 aromatic heterocycles. The molecule has 0 saturated heterocycles. The highest BCUT2D eigenvalue weighted by Crippen LogP contribution is 2.36. The predicted octanol–water partition coefficient (Wildman–Crippen LogP) is 2.62. The van der Waals surface area contributed by atoms with Crippen molar-refractivity contribution in [3.63, 3.8) is 0 Å². The van der Waals surface area contributed by atoms with Gasteiger partial charge in [0, 0.05) is 24.5 Å². The summed E-state index contributed by atoms with van der Waals surface area (Å²) in [5.74, 6) is 2.44. The molecule has 0 amide bonds. The molecule has 5 heteroatoms. The van der Waals surface area contributed by atoms with Crippen LogP contribution in [0.2, 0.25) is 0 Å². The van der Waals surface area contributed by atoms with Gasteiger partial charge in [-0.15, -0.1) is 0 Å². The number of rotatable bonds is 7. The second-order valence-corrected chi connectivity index (χ2v) is 4.78. The van der Waals surface area contributed by atoms with E-state index in [0.29, 0.717) is 0 Å². The second kappa shape index (κ2) is 7.13. The summed E-state index contributed by atoms with van der Waals surface area (Å²) in [4.78, 5) is 4.52. The number of nitrogens with one attached hydrogen (secondary N) is 1. The fourth-order valence-electron chi connectivity index (χ4n) is 2.57. The van der Waals surface area contributed by atoms with Crippen molar-refractivity contribution >= 4 is 0 Å². The molecule has 21 heavy (non-hydrogen) atoms. The zero-order chi connectivity index (χ0) is 15.2. The average Bonchev–Trinajstić information content (AvgIpc) is 2.96. The van der Waals surface area contributed by atoms with Gasteiger partial charge in [-0.1, -0.05) is 19.1 Å². The molecule has 0 aliphatic heterocycles. The summed E-state index contributed by atoms with van der Waals surface area (Å²) in [6.45, 7) is 3.10. The fraction of sp³-hybridized carbons (Fsp3) is 0.438. The number of imidazole rings is 1. The molecule has 0 saturated carbocycles. The molecular formula is C16H23N3O2. The Hall–Kier alpha value is -2.01. The number of para-hydroxylation sites is 1. The first-order valence-electron chi connectivity index (χ1n) is 7.16. The number of aromatic nitrogens is 2. The van der Waals surface area contributed by atoms with E-state index in [1.165, 1.54) is 0 Å². The standard InChI is InChI=1S/C16H23N3O2/c1-5-10-19-11-9-18-16(19)14(17-2)12-7-6-8-13(20-3)15(12)21-4/h6-9,11,14,17H,5,10H2,1-4H3. The van der Waals surface area contributed by atoms with Gasteiger partial charge in [0.2, 0.25) is 0 Å². The van der Waals surface area contributed by atoms with Crippen molar-refractivity contribution in [2.24, 2.45) is 0 Å². The molecule has 1 N–H and O–H groups in total. The van der Waals surface area contributed by atoms with Crippen LogP contribution in [0.4, 0.5) is 0 Å². The Kier molecular flexibility index (Phi) is 5.22. The summed E-state index contributed by atoms with van der Waals surface area (Å²) in [6.07, 6.45) is 4.91. The molecule has 0 bridgehead atoms. The maximum absolute atomic E-state index is 5.55. The Balaban J connectivity index is 2.48. The normalized spacial score (nSPS) is 12.2. The van der Waals surface area contributed by atoms with Crippen molar-refractivity contribution in [2.75, 3.05) is 21.3 Å². The molecule has 0 aliphatic carbocycles. The Morgan fingerprint density at radius 1 is 1.29 bits per heavy atom. The largest absolute Gasteiger partial charge is 0.493 e. The van der Waals surface area contributed by atoms with Crippen LogP contribution in [0, 0.1) is 0 Å². The fourth-order valence-corrected chi connectivity index (χ4v) is 2.57. The first kappa shape index (κ1) is 15.4. The number of hydrogen-bond acceptors (Lipinski definition) is 4. The van der Waals surface area contributed by atoms with Crippen LogP contribution in [0.1, 0.15) is 30.8 Å². The Labute approximate surface area is 125 Å². The highest BCUT2D eigenvalue weighted by atomic mass is 16.5. The van der Waals surface area contributed by atoms with E-state index in [4.69, 9.17) is 9.47 Å². The van der Waals surface area contributed by atoms with Crippen LogP contribution in [-0.4, -0.2) is 30.8 Å². The molecule has 0 radical (unpaired) electrons. The van der Waals surface area contributed by atoms with Crippen LogP contribution in [-0.2, 0) is 6.54 Å². The summed E-state index contributed by atoms with van der Waals surface area (Å²) in [5, 5.41) is 3.33. The molecule has 0 aliphatic rings. The smallest absolute Gasteiger partial charge is 0.165 e. The van der Waals surface area contributed by atoms with E-state index in [2.05, 4.69) is 21.8 Å². The van der Waals surface area contributed by atoms with Crippen molar-refractivity contribution in [3.8, 4) is 11.5 Å². The minimum atomic E-state index is -0.0448. The molecule has 2 aromatic rings. The first-order valence-corrected chi connectivity index (χ1v) is 7.16. The Bertz CT molecular complexity index is 581. The van der Waals surface area contributed by atoms with Gasteiger partial charge in [-0.25, -0.2) is 4.98 Å². The van der Waals surface area contributed by atoms with Gasteiger partial charge in [0.1, 0.15) is 5.82 Å². The summed E-state index contributed by atoms with van der Waals surface area (Å²) >= 11 is 0. The van der Waals surface area contributed by atoms with Crippen LogP contribution in [0.25, 0.3) is 0 Å². The third kappa shape index (κ3) is 3.03. The van der Waals surface area contributed by atoms with Crippen molar-refractivity contribution < 1.29 is 9.47 Å². The lowest BCUT2D eigenvalue weighted by atomic mass is 10.0. The highest BCUT2D eigenvalue weighted by molar-refractivity contribution is 5.49. The molecule has 1 atom stereocenters. The molecule has 1 unspecified atom stereocenters. The van der Waals surface area contributed by atoms with Gasteiger partial charge in [-0.3, -0.25) is 0 Å². The number of nitrogens with zero attached hydrogens (tertiary/aromatic N) is 2. The van der Waals surface area contributed by atoms with Gasteiger partial charge in [-0.05, 0) is 19.5 Å². The van der Waals surface area contributed by atoms with Crippen molar-refractivity contribution in [1.29, 1.82) is 0 Å². The van der Waals surface area contributed by atoms with Gasteiger partial charge in [-0.2, -0.15) is 0 Å². The van der Waals surface area contributed by atoms with Crippen LogP contribution in [0.5, 0.6) is 11.5 Å². The maximum atomic E-state index is 5.55. The second-order valence-electron chi connectivity index (χ2n) is 4.78. The van der Waals surface area contributed by atoms with E-state index in [1.807, 2.05) is 37.6 Å². The third-order valence-corrected chi connectivity index (χ3v) is 3.50. The minimum absolute atomic E-state index is 0.0448. The molecule has 1 heterocycles. The van der Waals surface area contributed by atoms with Gasteiger partial charge in [0.15, 0.2) is 11.5 Å². The van der Waals surface area contributed by atoms with Crippen LogP contribution < -0.4 is 14.8 Å². The predicted molar refractivity (Wildman–Crippen MR) is 83.0 cm³/mol. The Morgan fingerprint density at radius 2 is 2.10 bits per heavy atom. The van der Waals surface area contributed by atoms with Gasteiger partial charge >= 0.3 is 0 Å². The number of ether oxygens (including phenoxy) is 2. The lowest BCUT2D eigenvalue weighted by Crippen LogP contribution is -2.22. The summed E-state index contributed by atoms with van der Waals surface area (Å²) in [6, 6.07) is 5.85. The van der Waals surface area contributed by atoms with E-state index < -0.39 is 0 Å². The van der Waals surface area contributed by atoms with E-state index in [0.717, 1.165) is 35.9 Å².